The lowest BCUT2D eigenvalue weighted by Crippen LogP contribution is -2.68. The Kier molecular flexibility index (Phi) is 16.1. The van der Waals surface area contributed by atoms with Crippen molar-refractivity contribution in [3.8, 4) is 0 Å². The van der Waals surface area contributed by atoms with E-state index in [-0.39, 0.29) is 0 Å². The third-order valence-electron chi connectivity index (χ3n) is 6.33. The monoisotopic (exact) mass is 431 g/mol. The van der Waals surface area contributed by atoms with Gasteiger partial charge in [0.2, 0.25) is 0 Å². The Bertz CT molecular complexity index is 362. The van der Waals surface area contributed by atoms with Crippen molar-refractivity contribution in [1.82, 2.24) is 5.32 Å². The van der Waals surface area contributed by atoms with Gasteiger partial charge in [-0.3, -0.25) is 0 Å². The largest absolute Gasteiger partial charge is 0.389 e. The van der Waals surface area contributed by atoms with Gasteiger partial charge < -0.3 is 30.5 Å². The van der Waals surface area contributed by atoms with Crippen molar-refractivity contribution < 1.29 is 25.2 Å². The standard InChI is InChI=1S/C24H49NO5/c1-3-5-7-9-11-13-15-17-25-19-20(26)21(27)22(28)23(29)24(19)30-18-16-14-12-10-8-6-4-2/h19-29H,3-18H2,1-2H3/t19-,20-,21+,22-,23+,24+/m0/s1. The van der Waals surface area contributed by atoms with E-state index in [1.807, 2.05) is 0 Å². The van der Waals surface area contributed by atoms with Gasteiger partial charge in [0, 0.05) is 6.61 Å². The lowest BCUT2D eigenvalue weighted by atomic mass is 9.83. The van der Waals surface area contributed by atoms with Crippen LogP contribution in [0.3, 0.4) is 0 Å². The van der Waals surface area contributed by atoms with E-state index in [0.717, 1.165) is 25.7 Å². The van der Waals surface area contributed by atoms with Gasteiger partial charge in [-0.25, -0.2) is 0 Å². The summed E-state index contributed by atoms with van der Waals surface area (Å²) >= 11 is 0. The van der Waals surface area contributed by atoms with E-state index in [1.165, 1.54) is 64.2 Å². The number of unbranched alkanes of at least 4 members (excludes halogenated alkanes) is 12. The molecule has 0 heterocycles. The number of aliphatic hydroxyl groups is 4. The molecule has 0 saturated heterocycles. The van der Waals surface area contributed by atoms with Gasteiger partial charge in [-0.2, -0.15) is 0 Å². The molecule has 6 heteroatoms. The molecule has 0 aromatic rings. The second-order valence-corrected chi connectivity index (χ2v) is 9.02. The molecule has 6 nitrogen and oxygen atoms in total. The number of ether oxygens (including phenoxy) is 1. The van der Waals surface area contributed by atoms with Gasteiger partial charge in [-0.15, -0.1) is 0 Å². The Labute approximate surface area is 184 Å². The van der Waals surface area contributed by atoms with Crippen molar-refractivity contribution in [2.45, 2.75) is 140 Å². The number of nitrogens with one attached hydrogen (secondary N) is 1. The molecule has 180 valence electrons. The maximum absolute atomic E-state index is 10.5. The molecule has 0 spiro atoms. The molecule has 0 unspecified atom stereocenters. The summed E-state index contributed by atoms with van der Waals surface area (Å²) in [5.74, 6) is 0. The minimum absolute atomic E-state index is 0.487. The van der Waals surface area contributed by atoms with Crippen LogP contribution < -0.4 is 5.32 Å². The number of hydrogen-bond acceptors (Lipinski definition) is 6. The zero-order chi connectivity index (χ0) is 22.2. The molecule has 6 atom stereocenters. The maximum atomic E-state index is 10.5. The molecule has 0 bridgehead atoms. The average molecular weight is 432 g/mol. The van der Waals surface area contributed by atoms with E-state index in [1.54, 1.807) is 0 Å². The first-order chi connectivity index (χ1) is 14.5. The van der Waals surface area contributed by atoms with Crippen LogP contribution in [0.25, 0.3) is 0 Å². The minimum Gasteiger partial charge on any atom is -0.389 e. The van der Waals surface area contributed by atoms with E-state index in [9.17, 15) is 20.4 Å². The predicted molar refractivity (Wildman–Crippen MR) is 122 cm³/mol. The second-order valence-electron chi connectivity index (χ2n) is 9.02. The van der Waals surface area contributed by atoms with Crippen LogP contribution in [0.1, 0.15) is 104 Å². The summed E-state index contributed by atoms with van der Waals surface area (Å²) in [5, 5.41) is 44.3. The van der Waals surface area contributed by atoms with Crippen molar-refractivity contribution in [2.24, 2.45) is 0 Å². The Morgan fingerprint density at radius 3 is 1.60 bits per heavy atom. The van der Waals surface area contributed by atoms with Crippen molar-refractivity contribution in [2.75, 3.05) is 13.2 Å². The van der Waals surface area contributed by atoms with Crippen LogP contribution in [0.5, 0.6) is 0 Å². The molecule has 0 radical (unpaired) electrons. The van der Waals surface area contributed by atoms with Gasteiger partial charge in [-0.05, 0) is 19.4 Å². The molecule has 0 aliphatic heterocycles. The smallest absolute Gasteiger partial charge is 0.111 e. The Morgan fingerprint density at radius 1 is 0.567 bits per heavy atom. The predicted octanol–water partition coefficient (Wildman–Crippen LogP) is 3.29. The Balaban J connectivity index is 2.36. The van der Waals surface area contributed by atoms with Crippen LogP contribution in [-0.4, -0.2) is 70.1 Å². The van der Waals surface area contributed by atoms with Crippen LogP contribution in [0, 0.1) is 0 Å². The van der Waals surface area contributed by atoms with E-state index in [4.69, 9.17) is 4.74 Å². The Morgan fingerprint density at radius 2 is 1.03 bits per heavy atom. The summed E-state index contributed by atoms with van der Waals surface area (Å²) in [7, 11) is 0. The van der Waals surface area contributed by atoms with Crippen LogP contribution >= 0.6 is 0 Å². The quantitative estimate of drug-likeness (QED) is 0.213. The van der Waals surface area contributed by atoms with Crippen molar-refractivity contribution in [3.63, 3.8) is 0 Å². The van der Waals surface area contributed by atoms with Gasteiger partial charge >= 0.3 is 0 Å². The average Bonchev–Trinajstić information content (AvgIpc) is 2.75. The van der Waals surface area contributed by atoms with Crippen LogP contribution in [0.4, 0.5) is 0 Å². The summed E-state index contributed by atoms with van der Waals surface area (Å²) in [6.45, 7) is 5.61. The highest BCUT2D eigenvalue weighted by atomic mass is 16.5. The molecule has 1 aliphatic carbocycles. The fraction of sp³-hybridized carbons (Fsp3) is 1.00. The molecule has 0 aromatic carbocycles. The summed E-state index contributed by atoms with van der Waals surface area (Å²) in [6.07, 6.45) is 10.8. The topological polar surface area (TPSA) is 102 Å². The fourth-order valence-electron chi connectivity index (χ4n) is 4.29. The highest BCUT2D eigenvalue weighted by molar-refractivity contribution is 5.02. The first kappa shape index (κ1) is 27.8. The molecule has 1 saturated carbocycles. The first-order valence-corrected chi connectivity index (χ1v) is 12.6. The zero-order valence-electron chi connectivity index (χ0n) is 19.5. The van der Waals surface area contributed by atoms with Gasteiger partial charge in [0.25, 0.3) is 0 Å². The SMILES string of the molecule is CCCCCCCCCN[C@H]1[C@H](O)[C@@H](O)[C@H](O)[C@@H](O)[C@@H]1OCCCCCCCCC. The third-order valence-corrected chi connectivity index (χ3v) is 6.33. The lowest BCUT2D eigenvalue weighted by Gasteiger charge is -2.44. The van der Waals surface area contributed by atoms with Crippen LogP contribution in [0.15, 0.2) is 0 Å². The molecule has 1 aliphatic rings. The maximum Gasteiger partial charge on any atom is 0.111 e. The van der Waals surface area contributed by atoms with Gasteiger partial charge in [-0.1, -0.05) is 90.9 Å². The van der Waals surface area contributed by atoms with Crippen molar-refractivity contribution in [3.05, 3.63) is 0 Å². The van der Waals surface area contributed by atoms with Gasteiger partial charge in [0.15, 0.2) is 0 Å². The number of aliphatic hydroxyl groups excluding tert-OH is 4. The molecule has 0 amide bonds. The van der Waals surface area contributed by atoms with Gasteiger partial charge in [0.1, 0.15) is 30.5 Å². The zero-order valence-corrected chi connectivity index (χ0v) is 19.5. The highest BCUT2D eigenvalue weighted by Crippen LogP contribution is 2.24. The molecule has 5 N–H and O–H groups in total. The molecule has 1 rings (SSSR count). The summed E-state index contributed by atoms with van der Waals surface area (Å²) < 4.78 is 5.90. The van der Waals surface area contributed by atoms with Crippen LogP contribution in [-0.2, 0) is 4.74 Å². The molecule has 1 fully saturated rings. The van der Waals surface area contributed by atoms with E-state index >= 15 is 0 Å². The molecular weight excluding hydrogens is 382 g/mol. The van der Waals surface area contributed by atoms with Crippen molar-refractivity contribution in [1.29, 1.82) is 0 Å². The highest BCUT2D eigenvalue weighted by Gasteiger charge is 2.49. The second kappa shape index (κ2) is 17.3. The summed E-state index contributed by atoms with van der Waals surface area (Å²) in [4.78, 5) is 0. The molecular formula is C24H49NO5. The lowest BCUT2D eigenvalue weighted by molar-refractivity contribution is -0.203. The molecule has 30 heavy (non-hydrogen) atoms. The number of rotatable bonds is 18. The summed E-state index contributed by atoms with van der Waals surface area (Å²) in [6, 6.07) is -0.581. The van der Waals surface area contributed by atoms with E-state index in [0.29, 0.717) is 13.2 Å². The Hall–Kier alpha value is -0.240. The summed E-state index contributed by atoms with van der Waals surface area (Å²) in [5.41, 5.74) is 0. The van der Waals surface area contributed by atoms with Gasteiger partial charge in [0.05, 0.1) is 6.04 Å². The number of hydrogen-bond donors (Lipinski definition) is 5. The minimum atomic E-state index is -1.39. The van der Waals surface area contributed by atoms with E-state index in [2.05, 4.69) is 19.2 Å². The molecule has 0 aromatic heterocycles. The third kappa shape index (κ3) is 10.4. The normalized spacial score (nSPS) is 29.4. The first-order valence-electron chi connectivity index (χ1n) is 12.6. The van der Waals surface area contributed by atoms with Crippen LogP contribution in [0.2, 0.25) is 0 Å². The fourth-order valence-corrected chi connectivity index (χ4v) is 4.29. The van der Waals surface area contributed by atoms with E-state index < -0.39 is 36.6 Å². The van der Waals surface area contributed by atoms with Crippen molar-refractivity contribution >= 4 is 0 Å².